The fraction of sp³-hybridized carbons (Fsp3) is 0.652. The summed E-state index contributed by atoms with van der Waals surface area (Å²) in [5, 5.41) is 6.46. The van der Waals surface area contributed by atoms with Gasteiger partial charge in [0.1, 0.15) is 6.04 Å². The Balaban J connectivity index is 1.39. The van der Waals surface area contributed by atoms with E-state index in [0.717, 1.165) is 12.8 Å². The lowest BCUT2D eigenvalue weighted by Gasteiger charge is -2.37. The van der Waals surface area contributed by atoms with E-state index < -0.39 is 35.9 Å². The van der Waals surface area contributed by atoms with Gasteiger partial charge in [-0.2, -0.15) is 18.3 Å². The number of piperidine rings is 1. The van der Waals surface area contributed by atoms with Crippen molar-refractivity contribution in [1.82, 2.24) is 19.9 Å². The molecule has 3 fully saturated rings. The molecular weight excluding hydrogens is 451 g/mol. The topological polar surface area (TPSA) is 112 Å². The Morgan fingerprint density at radius 2 is 1.94 bits per heavy atom. The Hall–Kier alpha value is -2.69. The highest BCUT2D eigenvalue weighted by Gasteiger charge is 2.55. The van der Waals surface area contributed by atoms with Crippen LogP contribution in [0.25, 0.3) is 5.65 Å². The van der Waals surface area contributed by atoms with Gasteiger partial charge in [-0.15, -0.1) is 0 Å². The molecule has 2 aromatic rings. The number of imidazole rings is 1. The second-order valence-electron chi connectivity index (χ2n) is 9.93. The predicted molar refractivity (Wildman–Crippen MR) is 114 cm³/mol. The number of nitrogens with one attached hydrogen (secondary N) is 1. The van der Waals surface area contributed by atoms with Crippen LogP contribution >= 0.6 is 0 Å². The smallest absolute Gasteiger partial charge is 0.408 e. The van der Waals surface area contributed by atoms with Gasteiger partial charge in [-0.05, 0) is 68.4 Å². The van der Waals surface area contributed by atoms with Gasteiger partial charge in [0.25, 0.3) is 0 Å². The van der Waals surface area contributed by atoms with E-state index in [1.807, 2.05) is 5.32 Å². The van der Waals surface area contributed by atoms with Crippen molar-refractivity contribution < 1.29 is 27.5 Å². The molecule has 1 aliphatic heterocycles. The van der Waals surface area contributed by atoms with Crippen molar-refractivity contribution in [3.8, 4) is 0 Å². The van der Waals surface area contributed by atoms with Gasteiger partial charge >= 0.3 is 12.1 Å². The van der Waals surface area contributed by atoms with Gasteiger partial charge < -0.3 is 15.8 Å². The van der Waals surface area contributed by atoms with Crippen LogP contribution in [0.4, 0.5) is 13.2 Å². The lowest BCUT2D eigenvalue weighted by Crippen LogP contribution is -2.59. The summed E-state index contributed by atoms with van der Waals surface area (Å²) in [7, 11) is 1.11. The molecule has 5 rings (SSSR count). The predicted octanol–water partition coefficient (Wildman–Crippen LogP) is 2.71. The molecule has 8 nitrogen and oxygen atoms in total. The van der Waals surface area contributed by atoms with Crippen LogP contribution in [0.15, 0.2) is 18.3 Å². The third-order valence-corrected chi connectivity index (χ3v) is 7.54. The molecule has 2 aromatic heterocycles. The number of methoxy groups -OCH3 is 1. The highest BCUT2D eigenvalue weighted by Crippen LogP contribution is 2.53. The zero-order valence-corrected chi connectivity index (χ0v) is 18.8. The summed E-state index contributed by atoms with van der Waals surface area (Å²) in [6.07, 6.45) is 1.12. The Morgan fingerprint density at radius 3 is 2.50 bits per heavy atom. The molecule has 0 aromatic carbocycles. The van der Waals surface area contributed by atoms with Crippen LogP contribution in [0.2, 0.25) is 0 Å². The number of hydrogen-bond donors (Lipinski definition) is 2. The maximum atomic E-state index is 13.1. The zero-order chi connectivity index (χ0) is 24.3. The Kier molecular flexibility index (Phi) is 5.57. The van der Waals surface area contributed by atoms with Crippen molar-refractivity contribution in [2.24, 2.45) is 28.9 Å². The first-order chi connectivity index (χ1) is 16.1. The number of alkyl halides is 3. The van der Waals surface area contributed by atoms with E-state index >= 15 is 0 Å². The molecule has 0 spiro atoms. The minimum absolute atomic E-state index is 0.182. The molecule has 11 heteroatoms. The van der Waals surface area contributed by atoms with E-state index in [4.69, 9.17) is 10.5 Å². The van der Waals surface area contributed by atoms with Gasteiger partial charge in [0.15, 0.2) is 11.1 Å². The molecule has 3 heterocycles. The Bertz CT molecular complexity index is 1100. The number of esters is 1. The first-order valence-electron chi connectivity index (χ1n) is 11.7. The number of halogens is 3. The number of hydrogen-bond acceptors (Lipinski definition) is 6. The number of aromatic nitrogens is 3. The van der Waals surface area contributed by atoms with Crippen molar-refractivity contribution in [2.75, 3.05) is 7.11 Å². The molecule has 3 aliphatic rings. The summed E-state index contributed by atoms with van der Waals surface area (Å²) in [5.74, 6) is -0.154. The second kappa shape index (κ2) is 8.21. The second-order valence-corrected chi connectivity index (χ2v) is 9.93. The van der Waals surface area contributed by atoms with E-state index in [0.29, 0.717) is 29.1 Å². The van der Waals surface area contributed by atoms with E-state index in [2.05, 4.69) is 10.1 Å². The van der Waals surface area contributed by atoms with Crippen LogP contribution in [0.1, 0.15) is 56.0 Å². The number of amides is 1. The summed E-state index contributed by atoms with van der Waals surface area (Å²) < 4.78 is 45.7. The fourth-order valence-electron chi connectivity index (χ4n) is 5.38. The SMILES string of the molecule is COC(=O)C1(Cc2ccc3nc(C(N)C(C4CC4)C4CC4)cn3n2)CCC(C(F)(F)F)NC1=O. The maximum Gasteiger partial charge on any atom is 0.408 e. The lowest BCUT2D eigenvalue weighted by atomic mass is 9.74. The van der Waals surface area contributed by atoms with Crippen molar-refractivity contribution in [3.05, 3.63) is 29.7 Å². The van der Waals surface area contributed by atoms with Crippen LogP contribution in [0.5, 0.6) is 0 Å². The number of carbonyl (C=O) groups is 2. The van der Waals surface area contributed by atoms with Gasteiger partial charge in [-0.1, -0.05) is 0 Å². The Morgan fingerprint density at radius 1 is 1.26 bits per heavy atom. The first kappa shape index (κ1) is 23.1. The highest BCUT2D eigenvalue weighted by molar-refractivity contribution is 6.03. The molecule has 0 bridgehead atoms. The highest BCUT2D eigenvalue weighted by atomic mass is 19.4. The first-order valence-corrected chi connectivity index (χ1v) is 11.7. The van der Waals surface area contributed by atoms with Gasteiger partial charge in [-0.25, -0.2) is 9.50 Å². The number of carbonyl (C=O) groups excluding carboxylic acids is 2. The van der Waals surface area contributed by atoms with Crippen LogP contribution in [0, 0.1) is 23.2 Å². The van der Waals surface area contributed by atoms with Crippen LogP contribution in [0.3, 0.4) is 0 Å². The molecule has 0 radical (unpaired) electrons. The summed E-state index contributed by atoms with van der Waals surface area (Å²) >= 11 is 0. The molecule has 3 atom stereocenters. The molecule has 1 amide bonds. The van der Waals surface area contributed by atoms with E-state index in [1.54, 1.807) is 22.8 Å². The average molecular weight is 480 g/mol. The van der Waals surface area contributed by atoms with Crippen LogP contribution < -0.4 is 11.1 Å². The van der Waals surface area contributed by atoms with E-state index in [-0.39, 0.29) is 18.9 Å². The normalized spacial score (nSPS) is 26.5. The zero-order valence-electron chi connectivity index (χ0n) is 18.8. The molecule has 2 aliphatic carbocycles. The van der Waals surface area contributed by atoms with Crippen molar-refractivity contribution in [3.63, 3.8) is 0 Å². The van der Waals surface area contributed by atoms with Gasteiger partial charge in [0, 0.05) is 6.42 Å². The lowest BCUT2D eigenvalue weighted by molar-refractivity contribution is -0.181. The molecule has 3 N–H and O–H groups in total. The number of fused-ring (bicyclic) bond motifs is 1. The summed E-state index contributed by atoms with van der Waals surface area (Å²) in [4.78, 5) is 30.0. The minimum atomic E-state index is -4.58. The monoisotopic (exact) mass is 479 g/mol. The van der Waals surface area contributed by atoms with E-state index in [9.17, 15) is 22.8 Å². The van der Waals surface area contributed by atoms with Crippen LogP contribution in [-0.4, -0.2) is 45.8 Å². The van der Waals surface area contributed by atoms with Crippen molar-refractivity contribution >= 4 is 17.5 Å². The quantitative estimate of drug-likeness (QED) is 0.467. The van der Waals surface area contributed by atoms with Gasteiger partial charge in [-0.3, -0.25) is 9.59 Å². The fourth-order valence-corrected chi connectivity index (χ4v) is 5.38. The van der Waals surface area contributed by atoms with Crippen molar-refractivity contribution in [1.29, 1.82) is 0 Å². The largest absolute Gasteiger partial charge is 0.468 e. The molecular formula is C23H28F3N5O3. The molecule has 184 valence electrons. The maximum absolute atomic E-state index is 13.1. The summed E-state index contributed by atoms with van der Waals surface area (Å²) in [5.41, 5.74) is 6.53. The molecule has 34 heavy (non-hydrogen) atoms. The summed E-state index contributed by atoms with van der Waals surface area (Å²) in [6, 6.07) is 1.17. The minimum Gasteiger partial charge on any atom is -0.468 e. The number of nitrogens with two attached hydrogens (primary N) is 1. The van der Waals surface area contributed by atoms with Crippen molar-refractivity contribution in [2.45, 2.75) is 63.2 Å². The average Bonchev–Trinajstić information content (AvgIpc) is 3.73. The number of rotatable bonds is 7. The Labute approximate surface area is 194 Å². The van der Waals surface area contributed by atoms with E-state index in [1.165, 1.54) is 25.7 Å². The third-order valence-electron chi connectivity index (χ3n) is 7.54. The number of nitrogens with zero attached hydrogens (tertiary/aromatic N) is 3. The third kappa shape index (κ3) is 4.14. The molecule has 3 unspecified atom stereocenters. The van der Waals surface area contributed by atoms with Gasteiger partial charge in [0.2, 0.25) is 5.91 Å². The molecule has 1 saturated heterocycles. The standard InChI is InChI=1S/C23H28F3N5O3/c1-34-21(33)22(9-8-16(23(24,25)26)29-20(22)32)10-14-6-7-17-28-15(11-31(17)30-14)19(27)18(12-2-3-12)13-4-5-13/h6-7,11-13,16,18-19H,2-5,8-10,27H2,1H3,(H,29,32). The molecule has 2 saturated carbocycles. The van der Waals surface area contributed by atoms with Crippen LogP contribution in [-0.2, 0) is 20.7 Å². The number of ether oxygens (including phenoxy) is 1. The van der Waals surface area contributed by atoms with Gasteiger partial charge in [0.05, 0.1) is 30.7 Å². The summed E-state index contributed by atoms with van der Waals surface area (Å²) in [6.45, 7) is 0.